The fourth-order valence-corrected chi connectivity index (χ4v) is 2.22. The quantitative estimate of drug-likeness (QED) is 0.832. The lowest BCUT2D eigenvalue weighted by atomic mass is 10.2. The van der Waals surface area contributed by atoms with E-state index in [9.17, 15) is 9.18 Å². The molecule has 2 aromatic rings. The number of rotatable bonds is 2. The number of aliphatic imine (C=N–C) groups is 1. The number of nitrogens with one attached hydrogen (secondary N) is 1. The fourth-order valence-electron chi connectivity index (χ4n) is 1.96. The van der Waals surface area contributed by atoms with Crippen molar-refractivity contribution >= 4 is 33.7 Å². The van der Waals surface area contributed by atoms with E-state index in [1.165, 1.54) is 12.1 Å². The molecule has 1 aliphatic rings. The Kier molecular flexibility index (Phi) is 3.66. The zero-order chi connectivity index (χ0) is 14.8. The van der Waals surface area contributed by atoms with E-state index < -0.39 is 0 Å². The van der Waals surface area contributed by atoms with E-state index in [1.807, 2.05) is 24.3 Å². The number of hydrogen-bond acceptors (Lipinski definition) is 2. The normalized spacial score (nSPS) is 16.0. The van der Waals surface area contributed by atoms with Crippen molar-refractivity contribution in [1.29, 1.82) is 0 Å². The molecule has 0 aliphatic carbocycles. The Morgan fingerprint density at radius 2 is 1.90 bits per heavy atom. The Bertz CT molecular complexity index is 766. The van der Waals surface area contributed by atoms with Crippen molar-refractivity contribution in [2.24, 2.45) is 4.99 Å². The van der Waals surface area contributed by atoms with E-state index in [0.29, 0.717) is 17.1 Å². The van der Waals surface area contributed by atoms with Gasteiger partial charge in [-0.3, -0.25) is 4.79 Å². The number of amides is 1. The Hall–Kier alpha value is -2.27. The molecule has 104 valence electrons. The van der Waals surface area contributed by atoms with Crippen LogP contribution in [0.3, 0.4) is 0 Å². The van der Waals surface area contributed by atoms with Crippen LogP contribution in [0, 0.1) is 5.82 Å². The molecule has 0 radical (unpaired) electrons. The molecule has 1 heterocycles. The first-order valence-corrected chi connectivity index (χ1v) is 7.04. The van der Waals surface area contributed by atoms with Gasteiger partial charge in [0.05, 0.1) is 0 Å². The molecular formula is C16H10BrFN2O. The largest absolute Gasteiger partial charge is 0.305 e. The summed E-state index contributed by atoms with van der Waals surface area (Å²) in [4.78, 5) is 16.2. The lowest BCUT2D eigenvalue weighted by Crippen LogP contribution is -2.24. The van der Waals surface area contributed by atoms with Gasteiger partial charge in [0.15, 0.2) is 0 Å². The van der Waals surface area contributed by atoms with E-state index in [1.54, 1.807) is 18.2 Å². The third-order valence-corrected chi connectivity index (χ3v) is 3.50. The van der Waals surface area contributed by atoms with Crippen LogP contribution < -0.4 is 5.32 Å². The summed E-state index contributed by atoms with van der Waals surface area (Å²) in [6, 6.07) is 13.5. The highest BCUT2D eigenvalue weighted by molar-refractivity contribution is 9.10. The van der Waals surface area contributed by atoms with Crippen LogP contribution in [0.5, 0.6) is 0 Å². The number of nitrogens with zero attached hydrogens (tertiary/aromatic N) is 1. The van der Waals surface area contributed by atoms with Crippen LogP contribution in [-0.4, -0.2) is 11.7 Å². The Morgan fingerprint density at radius 3 is 2.62 bits per heavy atom. The number of benzene rings is 2. The number of halogens is 2. The second kappa shape index (κ2) is 5.61. The highest BCUT2D eigenvalue weighted by Crippen LogP contribution is 2.17. The number of amidine groups is 1. The van der Waals surface area contributed by atoms with Crippen molar-refractivity contribution in [3.8, 4) is 0 Å². The minimum Gasteiger partial charge on any atom is -0.305 e. The van der Waals surface area contributed by atoms with Crippen LogP contribution in [0.1, 0.15) is 11.1 Å². The molecule has 2 aromatic carbocycles. The van der Waals surface area contributed by atoms with E-state index >= 15 is 0 Å². The third kappa shape index (κ3) is 3.08. The highest BCUT2D eigenvalue weighted by Gasteiger charge is 2.21. The maximum atomic E-state index is 13.2. The third-order valence-electron chi connectivity index (χ3n) is 2.97. The van der Waals surface area contributed by atoms with Crippen LogP contribution >= 0.6 is 15.9 Å². The van der Waals surface area contributed by atoms with Crippen LogP contribution in [0.15, 0.2) is 63.7 Å². The molecule has 3 nitrogen and oxygen atoms in total. The van der Waals surface area contributed by atoms with Crippen LogP contribution in [0.25, 0.3) is 6.08 Å². The SMILES string of the molecule is O=C1NC(c2cccc(F)c2)=N/C1=C/c1ccc(Br)cc1. The van der Waals surface area contributed by atoms with Crippen LogP contribution in [-0.2, 0) is 4.79 Å². The maximum Gasteiger partial charge on any atom is 0.275 e. The van der Waals surface area contributed by atoms with Gasteiger partial charge in [0, 0.05) is 10.0 Å². The molecule has 0 fully saturated rings. The lowest BCUT2D eigenvalue weighted by molar-refractivity contribution is -0.115. The zero-order valence-electron chi connectivity index (χ0n) is 10.8. The van der Waals surface area contributed by atoms with Gasteiger partial charge in [0.1, 0.15) is 17.3 Å². The predicted molar refractivity (Wildman–Crippen MR) is 83.2 cm³/mol. The molecule has 1 aliphatic heterocycles. The Morgan fingerprint density at radius 1 is 1.14 bits per heavy atom. The van der Waals surface area contributed by atoms with Crippen molar-refractivity contribution in [3.05, 3.63) is 75.6 Å². The molecule has 0 saturated carbocycles. The lowest BCUT2D eigenvalue weighted by Gasteiger charge is -1.99. The summed E-state index contributed by atoms with van der Waals surface area (Å²) in [5, 5.41) is 2.65. The van der Waals surface area contributed by atoms with Crippen molar-refractivity contribution in [1.82, 2.24) is 5.32 Å². The summed E-state index contributed by atoms with van der Waals surface area (Å²) >= 11 is 3.35. The number of carbonyl (C=O) groups excluding carboxylic acids is 1. The minimum absolute atomic E-state index is 0.294. The van der Waals surface area contributed by atoms with E-state index in [4.69, 9.17) is 0 Å². The van der Waals surface area contributed by atoms with Gasteiger partial charge in [-0.25, -0.2) is 9.38 Å². The summed E-state index contributed by atoms with van der Waals surface area (Å²) in [5.41, 5.74) is 1.71. The Balaban J connectivity index is 1.93. The average Bonchev–Trinajstić information content (AvgIpc) is 2.83. The summed E-state index contributed by atoms with van der Waals surface area (Å²) in [5.74, 6) is -0.296. The van der Waals surface area contributed by atoms with Gasteiger partial charge in [-0.1, -0.05) is 40.2 Å². The van der Waals surface area contributed by atoms with E-state index in [2.05, 4.69) is 26.2 Å². The van der Waals surface area contributed by atoms with Gasteiger partial charge in [-0.05, 0) is 35.9 Å². The molecule has 21 heavy (non-hydrogen) atoms. The zero-order valence-corrected chi connectivity index (χ0v) is 12.4. The van der Waals surface area contributed by atoms with Crippen molar-refractivity contribution < 1.29 is 9.18 Å². The summed E-state index contributed by atoms with van der Waals surface area (Å²) < 4.78 is 14.2. The van der Waals surface area contributed by atoms with Gasteiger partial charge in [0.25, 0.3) is 5.91 Å². The van der Waals surface area contributed by atoms with Gasteiger partial charge in [0.2, 0.25) is 0 Å². The van der Waals surface area contributed by atoms with Crippen LogP contribution in [0.2, 0.25) is 0 Å². The molecule has 1 N–H and O–H groups in total. The molecular weight excluding hydrogens is 335 g/mol. The van der Waals surface area contributed by atoms with Gasteiger partial charge < -0.3 is 5.32 Å². The second-order valence-electron chi connectivity index (χ2n) is 4.51. The number of hydrogen-bond donors (Lipinski definition) is 1. The predicted octanol–water partition coefficient (Wildman–Crippen LogP) is 3.51. The molecule has 1 amide bonds. The average molecular weight is 345 g/mol. The standard InChI is InChI=1S/C16H10BrFN2O/c17-12-6-4-10(5-7-12)8-14-16(21)20-15(19-14)11-2-1-3-13(18)9-11/h1-9H,(H,19,20,21)/b14-8+. The summed E-state index contributed by atoms with van der Waals surface area (Å²) in [6.07, 6.45) is 1.69. The molecule has 5 heteroatoms. The molecule has 0 saturated heterocycles. The van der Waals surface area contributed by atoms with Gasteiger partial charge in [-0.15, -0.1) is 0 Å². The maximum absolute atomic E-state index is 13.2. The van der Waals surface area contributed by atoms with Gasteiger partial charge in [-0.2, -0.15) is 0 Å². The van der Waals surface area contributed by atoms with Crippen molar-refractivity contribution in [2.75, 3.05) is 0 Å². The Labute approximate surface area is 129 Å². The fraction of sp³-hybridized carbons (Fsp3) is 0. The molecule has 0 atom stereocenters. The molecule has 3 rings (SSSR count). The first kappa shape index (κ1) is 13.7. The molecule has 0 bridgehead atoms. The van der Waals surface area contributed by atoms with Crippen LogP contribution in [0.4, 0.5) is 4.39 Å². The van der Waals surface area contributed by atoms with Crippen molar-refractivity contribution in [2.45, 2.75) is 0 Å². The number of carbonyl (C=O) groups is 1. The second-order valence-corrected chi connectivity index (χ2v) is 5.42. The molecule has 0 spiro atoms. The van der Waals surface area contributed by atoms with E-state index in [-0.39, 0.29) is 11.7 Å². The van der Waals surface area contributed by atoms with Crippen molar-refractivity contribution in [3.63, 3.8) is 0 Å². The summed E-state index contributed by atoms with van der Waals surface area (Å²) in [6.45, 7) is 0. The monoisotopic (exact) mass is 344 g/mol. The summed E-state index contributed by atoms with van der Waals surface area (Å²) in [7, 11) is 0. The highest BCUT2D eigenvalue weighted by atomic mass is 79.9. The minimum atomic E-state index is -0.366. The van der Waals surface area contributed by atoms with Gasteiger partial charge >= 0.3 is 0 Å². The first-order valence-electron chi connectivity index (χ1n) is 6.25. The first-order chi connectivity index (χ1) is 10.1. The topological polar surface area (TPSA) is 41.5 Å². The molecule has 0 aromatic heterocycles. The smallest absolute Gasteiger partial charge is 0.275 e. The molecule has 0 unspecified atom stereocenters. The van der Waals surface area contributed by atoms with E-state index in [0.717, 1.165) is 10.0 Å².